The Kier molecular flexibility index (Phi) is 5.01. The van der Waals surface area contributed by atoms with Crippen LogP contribution in [0.5, 0.6) is 0 Å². The number of para-hydroxylation sites is 1. The molecule has 1 N–H and O–H groups in total. The Hall–Kier alpha value is -1.55. The summed E-state index contributed by atoms with van der Waals surface area (Å²) in [7, 11) is 0. The lowest BCUT2D eigenvalue weighted by Crippen LogP contribution is -2.34. The minimum atomic E-state index is -0.418. The number of hydrogen-bond acceptors (Lipinski definition) is 3. The minimum absolute atomic E-state index is 0.147. The van der Waals surface area contributed by atoms with E-state index in [1.807, 2.05) is 30.0 Å². The molecule has 2 rings (SSSR count). The maximum absolute atomic E-state index is 11.5. The van der Waals surface area contributed by atoms with Crippen molar-refractivity contribution in [1.82, 2.24) is 4.90 Å². The van der Waals surface area contributed by atoms with E-state index in [0.717, 1.165) is 43.9 Å². The summed E-state index contributed by atoms with van der Waals surface area (Å²) in [5.41, 5.74) is 2.10. The zero-order valence-corrected chi connectivity index (χ0v) is 12.4. The highest BCUT2D eigenvalue weighted by molar-refractivity contribution is 5.73. The Balaban J connectivity index is 2.17. The fourth-order valence-electron chi connectivity index (χ4n) is 2.75. The van der Waals surface area contributed by atoms with Gasteiger partial charge in [0.2, 0.25) is 5.91 Å². The van der Waals surface area contributed by atoms with Gasteiger partial charge in [0.05, 0.1) is 6.10 Å². The first-order chi connectivity index (χ1) is 9.63. The molecule has 0 spiro atoms. The normalized spacial score (nSPS) is 17.8. The molecule has 110 valence electrons. The van der Waals surface area contributed by atoms with E-state index in [1.54, 1.807) is 6.92 Å². The summed E-state index contributed by atoms with van der Waals surface area (Å²) in [6.07, 6.45) is 1.26. The van der Waals surface area contributed by atoms with Gasteiger partial charge < -0.3 is 14.9 Å². The maximum Gasteiger partial charge on any atom is 0.219 e. The number of hydrogen-bond donors (Lipinski definition) is 1. The average molecular weight is 276 g/mol. The van der Waals surface area contributed by atoms with E-state index >= 15 is 0 Å². The van der Waals surface area contributed by atoms with Crippen molar-refractivity contribution in [2.75, 3.05) is 31.1 Å². The number of carbonyl (C=O) groups is 1. The first-order valence-corrected chi connectivity index (χ1v) is 7.41. The van der Waals surface area contributed by atoms with Crippen LogP contribution >= 0.6 is 0 Å². The van der Waals surface area contributed by atoms with Crippen molar-refractivity contribution >= 4 is 11.6 Å². The largest absolute Gasteiger partial charge is 0.388 e. The molecule has 1 atom stereocenters. The van der Waals surface area contributed by atoms with Crippen LogP contribution < -0.4 is 4.90 Å². The van der Waals surface area contributed by atoms with E-state index in [0.29, 0.717) is 6.42 Å². The Bertz CT molecular complexity index is 462. The van der Waals surface area contributed by atoms with Crippen LogP contribution in [0.25, 0.3) is 0 Å². The van der Waals surface area contributed by atoms with Gasteiger partial charge in [-0.2, -0.15) is 0 Å². The van der Waals surface area contributed by atoms with Crippen molar-refractivity contribution in [3.63, 3.8) is 0 Å². The highest BCUT2D eigenvalue weighted by Gasteiger charge is 2.20. The van der Waals surface area contributed by atoms with Gasteiger partial charge in [-0.1, -0.05) is 25.1 Å². The van der Waals surface area contributed by atoms with Crippen molar-refractivity contribution in [2.24, 2.45) is 0 Å². The van der Waals surface area contributed by atoms with Crippen LogP contribution in [0.15, 0.2) is 24.3 Å². The van der Waals surface area contributed by atoms with E-state index in [4.69, 9.17) is 0 Å². The smallest absolute Gasteiger partial charge is 0.219 e. The number of carbonyl (C=O) groups excluding carboxylic acids is 1. The maximum atomic E-state index is 11.5. The molecule has 20 heavy (non-hydrogen) atoms. The zero-order chi connectivity index (χ0) is 14.5. The lowest BCUT2D eigenvalue weighted by Gasteiger charge is -2.27. The fourth-order valence-corrected chi connectivity index (χ4v) is 2.75. The van der Waals surface area contributed by atoms with Gasteiger partial charge in [0.1, 0.15) is 0 Å². The predicted molar refractivity (Wildman–Crippen MR) is 80.8 cm³/mol. The van der Waals surface area contributed by atoms with Gasteiger partial charge >= 0.3 is 0 Å². The van der Waals surface area contributed by atoms with Crippen molar-refractivity contribution in [1.29, 1.82) is 0 Å². The predicted octanol–water partition coefficient (Wildman–Crippen LogP) is 2.19. The summed E-state index contributed by atoms with van der Waals surface area (Å²) in [4.78, 5) is 15.7. The number of aliphatic hydroxyl groups is 1. The molecule has 0 unspecified atom stereocenters. The quantitative estimate of drug-likeness (QED) is 0.920. The van der Waals surface area contributed by atoms with Gasteiger partial charge in [-0.3, -0.25) is 4.79 Å². The lowest BCUT2D eigenvalue weighted by atomic mass is 10.0. The number of nitrogens with zero attached hydrogens (tertiary/aromatic N) is 2. The molecule has 0 bridgehead atoms. The molecule has 0 saturated carbocycles. The Morgan fingerprint density at radius 1 is 1.25 bits per heavy atom. The van der Waals surface area contributed by atoms with E-state index in [-0.39, 0.29) is 5.91 Å². The third-order valence-electron chi connectivity index (χ3n) is 3.96. The van der Waals surface area contributed by atoms with Crippen molar-refractivity contribution < 1.29 is 9.90 Å². The van der Waals surface area contributed by atoms with E-state index in [9.17, 15) is 9.90 Å². The van der Waals surface area contributed by atoms with E-state index < -0.39 is 6.10 Å². The molecule has 0 aliphatic carbocycles. The summed E-state index contributed by atoms with van der Waals surface area (Å²) < 4.78 is 0. The van der Waals surface area contributed by atoms with Gasteiger partial charge in [0.25, 0.3) is 0 Å². The first kappa shape index (κ1) is 14.9. The summed E-state index contributed by atoms with van der Waals surface area (Å²) in [5.74, 6) is 0.147. The van der Waals surface area contributed by atoms with Crippen LogP contribution in [-0.4, -0.2) is 42.1 Å². The average Bonchev–Trinajstić information content (AvgIpc) is 2.72. The van der Waals surface area contributed by atoms with Crippen molar-refractivity contribution in [3.05, 3.63) is 29.8 Å². The van der Waals surface area contributed by atoms with Gasteiger partial charge in [-0.25, -0.2) is 0 Å². The van der Waals surface area contributed by atoms with E-state index in [1.165, 1.54) is 0 Å². The van der Waals surface area contributed by atoms with Gasteiger partial charge in [0, 0.05) is 44.4 Å². The van der Waals surface area contributed by atoms with Crippen molar-refractivity contribution in [2.45, 2.75) is 32.8 Å². The molecule has 0 aromatic heterocycles. The first-order valence-electron chi connectivity index (χ1n) is 7.41. The minimum Gasteiger partial charge on any atom is -0.388 e. The zero-order valence-electron chi connectivity index (χ0n) is 12.4. The molecule has 1 amide bonds. The molecule has 1 aromatic rings. The summed E-state index contributed by atoms with van der Waals surface area (Å²) >= 11 is 0. The third kappa shape index (κ3) is 3.31. The molecule has 1 saturated heterocycles. The van der Waals surface area contributed by atoms with Gasteiger partial charge in [-0.15, -0.1) is 0 Å². The third-order valence-corrected chi connectivity index (χ3v) is 3.96. The second kappa shape index (κ2) is 6.75. The van der Waals surface area contributed by atoms with Gasteiger partial charge in [-0.05, 0) is 18.9 Å². The Morgan fingerprint density at radius 2 is 2.00 bits per heavy atom. The number of anilines is 1. The standard InChI is InChI=1S/C16H24N2O2/c1-3-16(20)14-7-4-5-8-15(14)18-10-6-9-17(11-12-18)13(2)19/h4-5,7-8,16,20H,3,6,9-12H2,1-2H3/t16-/m0/s1. The van der Waals surface area contributed by atoms with Crippen LogP contribution in [0.2, 0.25) is 0 Å². The fraction of sp³-hybridized carbons (Fsp3) is 0.562. The number of amides is 1. The molecule has 1 aliphatic rings. The monoisotopic (exact) mass is 276 g/mol. The molecule has 4 heteroatoms. The summed E-state index contributed by atoms with van der Waals surface area (Å²) in [6, 6.07) is 8.04. The topological polar surface area (TPSA) is 43.8 Å². The molecule has 1 heterocycles. The van der Waals surface area contributed by atoms with Crippen LogP contribution in [0.4, 0.5) is 5.69 Å². The molecule has 1 aliphatic heterocycles. The Labute approximate surface area is 121 Å². The van der Waals surface area contributed by atoms with Crippen LogP contribution in [0, 0.1) is 0 Å². The lowest BCUT2D eigenvalue weighted by molar-refractivity contribution is -0.128. The second-order valence-corrected chi connectivity index (χ2v) is 5.33. The van der Waals surface area contributed by atoms with E-state index in [2.05, 4.69) is 11.0 Å². The summed E-state index contributed by atoms with van der Waals surface area (Å²) in [5, 5.41) is 10.2. The summed E-state index contributed by atoms with van der Waals surface area (Å²) in [6.45, 7) is 6.95. The van der Waals surface area contributed by atoms with Crippen LogP contribution in [0.3, 0.4) is 0 Å². The van der Waals surface area contributed by atoms with Crippen LogP contribution in [-0.2, 0) is 4.79 Å². The molecule has 1 aromatic carbocycles. The number of benzene rings is 1. The molecular weight excluding hydrogens is 252 g/mol. The molecular formula is C16H24N2O2. The molecule has 0 radical (unpaired) electrons. The number of aliphatic hydroxyl groups excluding tert-OH is 1. The highest BCUT2D eigenvalue weighted by Crippen LogP contribution is 2.28. The molecule has 4 nitrogen and oxygen atoms in total. The van der Waals surface area contributed by atoms with Gasteiger partial charge in [0.15, 0.2) is 0 Å². The van der Waals surface area contributed by atoms with Crippen LogP contribution in [0.1, 0.15) is 38.4 Å². The number of rotatable bonds is 3. The SMILES string of the molecule is CC[C@H](O)c1ccccc1N1CCCN(C(C)=O)CC1. The Morgan fingerprint density at radius 3 is 2.70 bits per heavy atom. The second-order valence-electron chi connectivity index (χ2n) is 5.33. The molecule has 1 fully saturated rings. The van der Waals surface area contributed by atoms with Crippen molar-refractivity contribution in [3.8, 4) is 0 Å². The highest BCUT2D eigenvalue weighted by atomic mass is 16.3.